The SMILES string of the molecule is COc1ccc2cc(C(=O)Nc3ccc(OC)c(OC)c3)[nH]c2c1. The molecule has 24 heavy (non-hydrogen) atoms. The predicted molar refractivity (Wildman–Crippen MR) is 92.3 cm³/mol. The van der Waals surface area contributed by atoms with Gasteiger partial charge >= 0.3 is 0 Å². The monoisotopic (exact) mass is 326 g/mol. The molecule has 1 amide bonds. The molecule has 3 rings (SSSR count). The second-order valence-electron chi connectivity index (χ2n) is 5.16. The third kappa shape index (κ3) is 2.99. The lowest BCUT2D eigenvalue weighted by Crippen LogP contribution is -2.12. The van der Waals surface area contributed by atoms with E-state index < -0.39 is 0 Å². The van der Waals surface area contributed by atoms with Crippen molar-refractivity contribution in [1.29, 1.82) is 0 Å². The molecule has 0 unspecified atom stereocenters. The van der Waals surface area contributed by atoms with Gasteiger partial charge in [-0.15, -0.1) is 0 Å². The molecule has 124 valence electrons. The zero-order chi connectivity index (χ0) is 17.1. The van der Waals surface area contributed by atoms with Crippen LogP contribution in [0.2, 0.25) is 0 Å². The van der Waals surface area contributed by atoms with Crippen LogP contribution in [0.3, 0.4) is 0 Å². The molecule has 0 fully saturated rings. The zero-order valence-corrected chi connectivity index (χ0v) is 13.7. The number of carbonyl (C=O) groups excluding carboxylic acids is 1. The minimum atomic E-state index is -0.239. The number of anilines is 1. The van der Waals surface area contributed by atoms with Crippen molar-refractivity contribution in [2.75, 3.05) is 26.6 Å². The molecule has 1 heterocycles. The molecule has 0 radical (unpaired) electrons. The number of carbonyl (C=O) groups is 1. The average molecular weight is 326 g/mol. The van der Waals surface area contributed by atoms with Gasteiger partial charge in [0.2, 0.25) is 0 Å². The van der Waals surface area contributed by atoms with Gasteiger partial charge in [0.25, 0.3) is 5.91 Å². The van der Waals surface area contributed by atoms with Gasteiger partial charge in [0.1, 0.15) is 11.4 Å². The summed E-state index contributed by atoms with van der Waals surface area (Å²) in [6.07, 6.45) is 0. The van der Waals surface area contributed by atoms with E-state index in [1.54, 1.807) is 45.6 Å². The molecular formula is C18H18N2O4. The van der Waals surface area contributed by atoms with E-state index in [4.69, 9.17) is 14.2 Å². The number of hydrogen-bond donors (Lipinski definition) is 2. The van der Waals surface area contributed by atoms with Gasteiger partial charge in [-0.25, -0.2) is 0 Å². The molecule has 2 aromatic carbocycles. The van der Waals surface area contributed by atoms with E-state index in [0.717, 1.165) is 16.7 Å². The highest BCUT2D eigenvalue weighted by Gasteiger charge is 2.12. The van der Waals surface area contributed by atoms with Crippen LogP contribution in [-0.4, -0.2) is 32.2 Å². The normalized spacial score (nSPS) is 10.5. The van der Waals surface area contributed by atoms with E-state index >= 15 is 0 Å². The second-order valence-corrected chi connectivity index (χ2v) is 5.16. The van der Waals surface area contributed by atoms with Crippen molar-refractivity contribution in [3.63, 3.8) is 0 Å². The van der Waals surface area contributed by atoms with Crippen molar-refractivity contribution in [2.45, 2.75) is 0 Å². The van der Waals surface area contributed by atoms with Crippen LogP contribution in [0.1, 0.15) is 10.5 Å². The van der Waals surface area contributed by atoms with Gasteiger partial charge in [-0.05, 0) is 30.3 Å². The fourth-order valence-corrected chi connectivity index (χ4v) is 2.47. The van der Waals surface area contributed by atoms with Crippen LogP contribution in [0.15, 0.2) is 42.5 Å². The summed E-state index contributed by atoms with van der Waals surface area (Å²) in [5.41, 5.74) is 1.92. The molecule has 0 spiro atoms. The van der Waals surface area contributed by atoms with Crippen LogP contribution in [-0.2, 0) is 0 Å². The lowest BCUT2D eigenvalue weighted by molar-refractivity contribution is 0.102. The molecule has 0 atom stereocenters. The number of rotatable bonds is 5. The second kappa shape index (κ2) is 6.54. The Morgan fingerprint density at radius 1 is 0.917 bits per heavy atom. The maximum absolute atomic E-state index is 12.4. The first-order valence-corrected chi connectivity index (χ1v) is 7.34. The number of aromatic nitrogens is 1. The van der Waals surface area contributed by atoms with Gasteiger partial charge in [0.05, 0.1) is 21.3 Å². The molecule has 6 nitrogen and oxygen atoms in total. The van der Waals surface area contributed by atoms with Crippen LogP contribution >= 0.6 is 0 Å². The lowest BCUT2D eigenvalue weighted by Gasteiger charge is -2.10. The molecule has 2 N–H and O–H groups in total. The third-order valence-corrected chi connectivity index (χ3v) is 3.72. The summed E-state index contributed by atoms with van der Waals surface area (Å²) in [4.78, 5) is 15.5. The molecule has 0 aliphatic heterocycles. The summed E-state index contributed by atoms with van der Waals surface area (Å²) in [5, 5.41) is 3.78. The number of amides is 1. The highest BCUT2D eigenvalue weighted by molar-refractivity contribution is 6.06. The third-order valence-electron chi connectivity index (χ3n) is 3.72. The summed E-state index contributed by atoms with van der Waals surface area (Å²) in [6, 6.07) is 12.6. The first-order valence-electron chi connectivity index (χ1n) is 7.34. The van der Waals surface area contributed by atoms with Gasteiger partial charge in [0, 0.05) is 28.7 Å². The number of benzene rings is 2. The molecule has 6 heteroatoms. The summed E-state index contributed by atoms with van der Waals surface area (Å²) >= 11 is 0. The van der Waals surface area contributed by atoms with Crippen LogP contribution in [0, 0.1) is 0 Å². The van der Waals surface area contributed by atoms with Gasteiger partial charge in [-0.3, -0.25) is 4.79 Å². The number of nitrogens with one attached hydrogen (secondary N) is 2. The topological polar surface area (TPSA) is 72.6 Å². The minimum absolute atomic E-state index is 0.239. The molecular weight excluding hydrogens is 308 g/mol. The van der Waals surface area contributed by atoms with Crippen molar-refractivity contribution in [3.8, 4) is 17.2 Å². The molecule has 1 aromatic heterocycles. The maximum atomic E-state index is 12.4. The Morgan fingerprint density at radius 3 is 2.42 bits per heavy atom. The first-order chi connectivity index (χ1) is 11.6. The van der Waals surface area contributed by atoms with Crippen molar-refractivity contribution in [1.82, 2.24) is 4.98 Å². The molecule has 0 aliphatic carbocycles. The number of aromatic amines is 1. The van der Waals surface area contributed by atoms with E-state index in [2.05, 4.69) is 10.3 Å². The fourth-order valence-electron chi connectivity index (χ4n) is 2.47. The van der Waals surface area contributed by atoms with Crippen LogP contribution in [0.4, 0.5) is 5.69 Å². The van der Waals surface area contributed by atoms with E-state index in [1.165, 1.54) is 0 Å². The van der Waals surface area contributed by atoms with Crippen molar-refractivity contribution >= 4 is 22.5 Å². The van der Waals surface area contributed by atoms with Crippen LogP contribution < -0.4 is 19.5 Å². The van der Waals surface area contributed by atoms with Crippen LogP contribution in [0.25, 0.3) is 10.9 Å². The van der Waals surface area contributed by atoms with Crippen LogP contribution in [0.5, 0.6) is 17.2 Å². The fraction of sp³-hybridized carbons (Fsp3) is 0.167. The number of methoxy groups -OCH3 is 3. The van der Waals surface area contributed by atoms with E-state index in [-0.39, 0.29) is 5.91 Å². The molecule has 0 saturated carbocycles. The van der Waals surface area contributed by atoms with E-state index in [9.17, 15) is 4.79 Å². The molecule has 0 aliphatic rings. The van der Waals surface area contributed by atoms with Gasteiger partial charge < -0.3 is 24.5 Å². The number of fused-ring (bicyclic) bond motifs is 1. The van der Waals surface area contributed by atoms with Gasteiger partial charge in [-0.2, -0.15) is 0 Å². The largest absolute Gasteiger partial charge is 0.497 e. The number of hydrogen-bond acceptors (Lipinski definition) is 4. The minimum Gasteiger partial charge on any atom is -0.497 e. The molecule has 0 saturated heterocycles. The van der Waals surface area contributed by atoms with Gasteiger partial charge in [0.15, 0.2) is 11.5 Å². The predicted octanol–water partition coefficient (Wildman–Crippen LogP) is 3.45. The van der Waals surface area contributed by atoms with Gasteiger partial charge in [-0.1, -0.05) is 0 Å². The Hall–Kier alpha value is -3.15. The summed E-state index contributed by atoms with van der Waals surface area (Å²) in [5.74, 6) is 1.65. The average Bonchev–Trinajstić information content (AvgIpc) is 3.04. The maximum Gasteiger partial charge on any atom is 0.272 e. The quantitative estimate of drug-likeness (QED) is 0.753. The zero-order valence-electron chi connectivity index (χ0n) is 13.7. The van der Waals surface area contributed by atoms with E-state index in [1.807, 2.05) is 18.2 Å². The summed E-state index contributed by atoms with van der Waals surface area (Å²) < 4.78 is 15.6. The lowest BCUT2D eigenvalue weighted by atomic mass is 10.2. The highest BCUT2D eigenvalue weighted by atomic mass is 16.5. The molecule has 3 aromatic rings. The Morgan fingerprint density at radius 2 is 1.71 bits per heavy atom. The first kappa shape index (κ1) is 15.7. The van der Waals surface area contributed by atoms with Crippen molar-refractivity contribution in [3.05, 3.63) is 48.2 Å². The Balaban J connectivity index is 1.84. The number of H-pyrrole nitrogens is 1. The molecule has 0 bridgehead atoms. The standard InChI is InChI=1S/C18H18N2O4/c1-22-13-6-4-11-8-15(20-14(11)10-13)18(21)19-12-5-7-16(23-2)17(9-12)24-3/h4-10,20H,1-3H3,(H,19,21). The highest BCUT2D eigenvalue weighted by Crippen LogP contribution is 2.30. The smallest absolute Gasteiger partial charge is 0.272 e. The van der Waals surface area contributed by atoms with E-state index in [0.29, 0.717) is 22.9 Å². The Kier molecular flexibility index (Phi) is 4.29. The summed E-state index contributed by atoms with van der Waals surface area (Å²) in [7, 11) is 4.72. The number of ether oxygens (including phenoxy) is 3. The van der Waals surface area contributed by atoms with Crippen molar-refractivity contribution < 1.29 is 19.0 Å². The summed E-state index contributed by atoms with van der Waals surface area (Å²) in [6.45, 7) is 0. The van der Waals surface area contributed by atoms with Crippen molar-refractivity contribution in [2.24, 2.45) is 0 Å². The Labute approximate surface area is 139 Å². The Bertz CT molecular complexity index is 886.